The Kier molecular flexibility index (Phi) is 5.19. The third-order valence-corrected chi connectivity index (χ3v) is 6.81. The van der Waals surface area contributed by atoms with Gasteiger partial charge < -0.3 is 4.52 Å². The molecule has 0 aliphatic carbocycles. The highest BCUT2D eigenvalue weighted by Gasteiger charge is 2.09. The van der Waals surface area contributed by atoms with Crippen LogP contribution >= 0.6 is 18.0 Å². The van der Waals surface area contributed by atoms with Gasteiger partial charge in [-0.15, -0.1) is 9.24 Å². The average Bonchev–Trinajstić information content (AvgIpc) is 2.79. The number of rotatable bonds is 5. The first kappa shape index (κ1) is 18.6. The van der Waals surface area contributed by atoms with Gasteiger partial charge in [0.1, 0.15) is 5.75 Å². The van der Waals surface area contributed by atoms with Crippen LogP contribution in [0.4, 0.5) is 0 Å². The van der Waals surface area contributed by atoms with Crippen molar-refractivity contribution in [2.75, 3.05) is 0 Å². The van der Waals surface area contributed by atoms with Crippen molar-refractivity contribution in [1.82, 2.24) is 0 Å². The van der Waals surface area contributed by atoms with Crippen LogP contribution in [-0.4, -0.2) is 0 Å². The van der Waals surface area contributed by atoms with Gasteiger partial charge in [-0.25, -0.2) is 0 Å². The number of hydrogen-bond donors (Lipinski definition) is 0. The van der Waals surface area contributed by atoms with Crippen molar-refractivity contribution in [2.24, 2.45) is 0 Å². The van der Waals surface area contributed by atoms with Crippen LogP contribution in [0, 0.1) is 0 Å². The normalized spacial score (nSPS) is 11.8. The fourth-order valence-corrected chi connectivity index (χ4v) is 5.45. The predicted molar refractivity (Wildman–Crippen MR) is 131 cm³/mol. The Morgan fingerprint density at radius 1 is 0.655 bits per heavy atom. The van der Waals surface area contributed by atoms with E-state index in [1.54, 1.807) is 0 Å². The summed E-state index contributed by atoms with van der Waals surface area (Å²) in [5, 5.41) is 7.59. The van der Waals surface area contributed by atoms with Crippen LogP contribution < -0.4 is 4.52 Å². The van der Waals surface area contributed by atoms with E-state index in [1.165, 1.54) is 43.4 Å². The molecule has 0 aliphatic heterocycles. The Labute approximate surface area is 175 Å². The topological polar surface area (TPSA) is 9.23 Å². The minimum atomic E-state index is 0.383. The molecule has 1 nitrogen and oxygen atoms in total. The van der Waals surface area contributed by atoms with Crippen LogP contribution in [0.5, 0.6) is 5.75 Å². The summed E-state index contributed by atoms with van der Waals surface area (Å²) in [6.45, 7) is 0. The van der Waals surface area contributed by atoms with Gasteiger partial charge in [0.2, 0.25) is 0 Å². The molecule has 3 heteroatoms. The van der Waals surface area contributed by atoms with Gasteiger partial charge in [-0.05, 0) is 50.3 Å². The van der Waals surface area contributed by atoms with Crippen LogP contribution in [0.15, 0.2) is 91.0 Å². The smallest absolute Gasteiger partial charge is 0.131 e. The van der Waals surface area contributed by atoms with Gasteiger partial charge in [0, 0.05) is 11.5 Å². The fraction of sp³-hybridized carbons (Fsp3) is 0.0769. The highest BCUT2D eigenvalue weighted by atomic mass is 31.1. The molecule has 29 heavy (non-hydrogen) atoms. The summed E-state index contributed by atoms with van der Waals surface area (Å²) in [6.07, 6.45) is 1.88. The van der Waals surface area contributed by atoms with Crippen LogP contribution in [0.25, 0.3) is 32.3 Å². The number of hydrogen-bond acceptors (Lipinski definition) is 1. The Morgan fingerprint density at radius 3 is 2.10 bits per heavy atom. The van der Waals surface area contributed by atoms with Crippen molar-refractivity contribution in [1.29, 1.82) is 0 Å². The van der Waals surface area contributed by atoms with E-state index >= 15 is 0 Å². The van der Waals surface area contributed by atoms with E-state index < -0.39 is 0 Å². The summed E-state index contributed by atoms with van der Waals surface area (Å²) in [5.41, 5.74) is 2.79. The first-order chi connectivity index (χ1) is 14.3. The molecule has 2 unspecified atom stereocenters. The first-order valence-corrected chi connectivity index (χ1v) is 11.8. The molecule has 5 aromatic rings. The molecule has 0 heterocycles. The van der Waals surface area contributed by atoms with E-state index in [2.05, 4.69) is 100 Å². The lowest BCUT2D eigenvalue weighted by Crippen LogP contribution is -1.92. The van der Waals surface area contributed by atoms with E-state index in [1.807, 2.05) is 0 Å². The van der Waals surface area contributed by atoms with Crippen LogP contribution in [0.3, 0.4) is 0 Å². The zero-order chi connectivity index (χ0) is 19.6. The van der Waals surface area contributed by atoms with E-state index in [9.17, 15) is 0 Å². The lowest BCUT2D eigenvalue weighted by Gasteiger charge is -2.14. The summed E-state index contributed by atoms with van der Waals surface area (Å²) < 4.78 is 6.36. The zero-order valence-electron chi connectivity index (χ0n) is 16.1. The fourth-order valence-electron chi connectivity index (χ4n) is 4.08. The molecule has 0 N–H and O–H groups in total. The van der Waals surface area contributed by atoms with Gasteiger partial charge >= 0.3 is 0 Å². The second-order valence-electron chi connectivity index (χ2n) is 7.19. The molecular formula is C26H22OP2. The second-order valence-corrected chi connectivity index (χ2v) is 8.45. The lowest BCUT2D eigenvalue weighted by molar-refractivity contribution is 0.638. The molecule has 0 aliphatic rings. The second kappa shape index (κ2) is 8.11. The monoisotopic (exact) mass is 412 g/mol. The van der Waals surface area contributed by atoms with Gasteiger partial charge in [0.25, 0.3) is 0 Å². The van der Waals surface area contributed by atoms with Gasteiger partial charge in [0.15, 0.2) is 0 Å². The standard InChI is InChI=1S/C26H22OP2/c28-16-25-20(14-13-18-7-1-3-9-21(18)25)17-29-27-26-15-19-8-2-4-10-22(19)23-11-5-6-12-24(23)26/h1-15,29H,16-17,28H2. The minimum Gasteiger partial charge on any atom is -0.476 e. The Balaban J connectivity index is 1.46. The van der Waals surface area contributed by atoms with Gasteiger partial charge in [-0.1, -0.05) is 84.9 Å². The number of benzene rings is 5. The molecule has 0 spiro atoms. The van der Waals surface area contributed by atoms with Gasteiger partial charge in [-0.2, -0.15) is 0 Å². The van der Waals surface area contributed by atoms with Crippen molar-refractivity contribution in [2.45, 2.75) is 12.3 Å². The Hall–Kier alpha value is -2.46. The molecule has 0 fully saturated rings. The highest BCUT2D eigenvalue weighted by molar-refractivity contribution is 7.31. The molecule has 2 atom stereocenters. The van der Waals surface area contributed by atoms with Crippen LogP contribution in [0.1, 0.15) is 11.1 Å². The van der Waals surface area contributed by atoms with Crippen molar-refractivity contribution >= 4 is 50.4 Å². The SMILES string of the molecule is PCc1c(CPOc2cc3ccccc3c3ccccc23)ccc2ccccc12. The summed E-state index contributed by atoms with van der Waals surface area (Å²) >= 11 is 0. The van der Waals surface area contributed by atoms with Crippen molar-refractivity contribution in [3.63, 3.8) is 0 Å². The lowest BCUT2D eigenvalue weighted by atomic mass is 10.0. The third-order valence-electron chi connectivity index (χ3n) is 5.52. The quantitative estimate of drug-likeness (QED) is 0.212. The largest absolute Gasteiger partial charge is 0.476 e. The summed E-state index contributed by atoms with van der Waals surface area (Å²) in [6, 6.07) is 32.4. The van der Waals surface area contributed by atoms with E-state index in [4.69, 9.17) is 4.52 Å². The van der Waals surface area contributed by atoms with E-state index in [0.29, 0.717) is 8.81 Å². The molecule has 142 valence electrons. The maximum Gasteiger partial charge on any atom is 0.131 e. The zero-order valence-corrected chi connectivity index (χ0v) is 18.2. The van der Waals surface area contributed by atoms with Crippen LogP contribution in [-0.2, 0) is 12.3 Å². The summed E-state index contributed by atoms with van der Waals surface area (Å²) in [7, 11) is 3.27. The van der Waals surface area contributed by atoms with Crippen molar-refractivity contribution < 1.29 is 4.52 Å². The molecule has 0 saturated heterocycles. The van der Waals surface area contributed by atoms with Crippen LogP contribution in [0.2, 0.25) is 0 Å². The maximum atomic E-state index is 6.36. The Bertz CT molecular complexity index is 1330. The summed E-state index contributed by atoms with van der Waals surface area (Å²) in [5.74, 6) is 0.978. The Morgan fingerprint density at radius 2 is 1.31 bits per heavy atom. The van der Waals surface area contributed by atoms with Crippen molar-refractivity contribution in [3.8, 4) is 5.75 Å². The molecule has 0 saturated carbocycles. The van der Waals surface area contributed by atoms with Crippen molar-refractivity contribution in [3.05, 3.63) is 102 Å². The maximum absolute atomic E-state index is 6.36. The molecule has 0 aromatic heterocycles. The molecule has 0 amide bonds. The predicted octanol–water partition coefficient (Wildman–Crippen LogP) is 7.69. The van der Waals surface area contributed by atoms with Gasteiger partial charge in [-0.3, -0.25) is 0 Å². The highest BCUT2D eigenvalue weighted by Crippen LogP contribution is 2.37. The molecule has 0 bridgehead atoms. The average molecular weight is 412 g/mol. The third kappa shape index (κ3) is 3.51. The molecule has 5 aromatic carbocycles. The molecular weight excluding hydrogens is 390 g/mol. The first-order valence-electron chi connectivity index (χ1n) is 9.85. The minimum absolute atomic E-state index is 0.383. The van der Waals surface area contributed by atoms with E-state index in [0.717, 1.165) is 18.1 Å². The molecule has 0 radical (unpaired) electrons. The molecule has 5 rings (SSSR count). The number of fused-ring (bicyclic) bond motifs is 4. The van der Waals surface area contributed by atoms with E-state index in [-0.39, 0.29) is 0 Å². The van der Waals surface area contributed by atoms with Gasteiger partial charge in [0.05, 0.1) is 8.81 Å². The summed E-state index contributed by atoms with van der Waals surface area (Å²) in [4.78, 5) is 0.